The third-order valence-electron chi connectivity index (χ3n) is 2.50. The lowest BCUT2D eigenvalue weighted by atomic mass is 10.0. The Bertz CT molecular complexity index is 364. The van der Waals surface area contributed by atoms with Gasteiger partial charge in [-0.05, 0) is 12.0 Å². The molecule has 14 heavy (non-hydrogen) atoms. The van der Waals surface area contributed by atoms with Crippen LogP contribution in [0.2, 0.25) is 0 Å². The van der Waals surface area contributed by atoms with Crippen molar-refractivity contribution >= 4 is 0 Å². The zero-order valence-corrected chi connectivity index (χ0v) is 8.35. The molecular formula is C12H15N2+. The van der Waals surface area contributed by atoms with Gasteiger partial charge in [0.05, 0.1) is 0 Å². The molecule has 0 aliphatic rings. The monoisotopic (exact) mass is 187 g/mol. The Labute approximate surface area is 84.2 Å². The molecule has 1 atom stereocenters. The number of aromatic nitrogens is 2. The van der Waals surface area contributed by atoms with Crippen LogP contribution >= 0.6 is 0 Å². The third-order valence-corrected chi connectivity index (χ3v) is 2.50. The summed E-state index contributed by atoms with van der Waals surface area (Å²) >= 11 is 0. The summed E-state index contributed by atoms with van der Waals surface area (Å²) in [7, 11) is 0. The zero-order valence-electron chi connectivity index (χ0n) is 8.35. The molecule has 0 spiro atoms. The first-order valence-electron chi connectivity index (χ1n) is 5.00. The molecule has 0 saturated heterocycles. The molecule has 0 bridgehead atoms. The summed E-state index contributed by atoms with van der Waals surface area (Å²) in [6, 6.07) is 11.0. The molecule has 72 valence electrons. The van der Waals surface area contributed by atoms with Crippen molar-refractivity contribution < 1.29 is 4.57 Å². The minimum atomic E-state index is 0.447. The number of benzene rings is 1. The van der Waals surface area contributed by atoms with Gasteiger partial charge in [-0.2, -0.15) is 0 Å². The van der Waals surface area contributed by atoms with Crippen molar-refractivity contribution in [2.45, 2.75) is 19.4 Å². The van der Waals surface area contributed by atoms with Crippen LogP contribution in [0.15, 0.2) is 49.1 Å². The van der Waals surface area contributed by atoms with Crippen molar-refractivity contribution in [3.05, 3.63) is 54.6 Å². The second-order valence-corrected chi connectivity index (χ2v) is 3.39. The highest BCUT2D eigenvalue weighted by Gasteiger charge is 2.14. The largest absolute Gasteiger partial charge is 0.250 e. The van der Waals surface area contributed by atoms with Gasteiger partial charge in [0.1, 0.15) is 18.4 Å². The van der Waals surface area contributed by atoms with E-state index in [1.807, 2.05) is 12.5 Å². The molecule has 1 unspecified atom stereocenters. The molecule has 0 radical (unpaired) electrons. The van der Waals surface area contributed by atoms with Crippen molar-refractivity contribution in [2.75, 3.05) is 0 Å². The fourth-order valence-corrected chi connectivity index (χ4v) is 1.79. The zero-order chi connectivity index (χ0) is 9.80. The molecule has 0 fully saturated rings. The van der Waals surface area contributed by atoms with Gasteiger partial charge in [0.2, 0.25) is 6.33 Å². The summed E-state index contributed by atoms with van der Waals surface area (Å²) < 4.78 is 2.20. The molecule has 1 aromatic heterocycles. The Hall–Kier alpha value is -1.57. The molecular weight excluding hydrogens is 172 g/mol. The molecule has 2 aromatic rings. The minimum Gasteiger partial charge on any atom is -0.250 e. The van der Waals surface area contributed by atoms with Crippen molar-refractivity contribution in [3.8, 4) is 0 Å². The number of nitrogens with one attached hydrogen (secondary N) is 1. The predicted molar refractivity (Wildman–Crippen MR) is 55.9 cm³/mol. The number of aromatic amines is 1. The number of rotatable bonds is 3. The normalized spacial score (nSPS) is 12.6. The van der Waals surface area contributed by atoms with Crippen LogP contribution in [0.5, 0.6) is 0 Å². The lowest BCUT2D eigenvalue weighted by Gasteiger charge is -2.11. The number of nitrogens with zero attached hydrogens (tertiary/aromatic N) is 1. The molecule has 2 heteroatoms. The van der Waals surface area contributed by atoms with Crippen LogP contribution in [-0.2, 0) is 0 Å². The SMILES string of the molecule is CCC(c1ccccc1)[n+]1cc[nH]c1. The van der Waals surface area contributed by atoms with Crippen LogP contribution in [0.4, 0.5) is 0 Å². The van der Waals surface area contributed by atoms with Crippen molar-refractivity contribution in [1.29, 1.82) is 0 Å². The first-order chi connectivity index (χ1) is 6.92. The highest BCUT2D eigenvalue weighted by Crippen LogP contribution is 2.14. The Morgan fingerprint density at radius 2 is 2.07 bits per heavy atom. The van der Waals surface area contributed by atoms with Crippen LogP contribution in [0.3, 0.4) is 0 Å². The summed E-state index contributed by atoms with van der Waals surface area (Å²) in [4.78, 5) is 3.08. The highest BCUT2D eigenvalue weighted by molar-refractivity contribution is 5.16. The van der Waals surface area contributed by atoms with Gasteiger partial charge in [-0.15, -0.1) is 0 Å². The molecule has 0 aliphatic heterocycles. The fraction of sp³-hybridized carbons (Fsp3) is 0.250. The van der Waals surface area contributed by atoms with Gasteiger partial charge in [0, 0.05) is 0 Å². The second kappa shape index (κ2) is 4.09. The molecule has 2 rings (SSSR count). The van der Waals surface area contributed by atoms with E-state index in [0.29, 0.717) is 6.04 Å². The summed E-state index contributed by atoms with van der Waals surface area (Å²) in [6.45, 7) is 2.21. The van der Waals surface area contributed by atoms with Crippen molar-refractivity contribution in [1.82, 2.24) is 4.98 Å². The topological polar surface area (TPSA) is 19.7 Å². The van der Waals surface area contributed by atoms with E-state index < -0.39 is 0 Å². The maximum atomic E-state index is 3.08. The first kappa shape index (κ1) is 9.00. The summed E-state index contributed by atoms with van der Waals surface area (Å²) in [5.74, 6) is 0. The van der Waals surface area contributed by atoms with Crippen molar-refractivity contribution in [2.24, 2.45) is 0 Å². The van der Waals surface area contributed by atoms with Gasteiger partial charge in [-0.3, -0.25) is 4.98 Å². The van der Waals surface area contributed by atoms with E-state index >= 15 is 0 Å². The number of hydrogen-bond acceptors (Lipinski definition) is 0. The number of hydrogen-bond donors (Lipinski definition) is 1. The maximum Gasteiger partial charge on any atom is 0.242 e. The molecule has 1 heterocycles. The highest BCUT2D eigenvalue weighted by atomic mass is 15.0. The maximum absolute atomic E-state index is 3.08. The van der Waals surface area contributed by atoms with Gasteiger partial charge < -0.3 is 0 Å². The van der Waals surface area contributed by atoms with E-state index in [4.69, 9.17) is 0 Å². The predicted octanol–water partition coefficient (Wildman–Crippen LogP) is 2.30. The summed E-state index contributed by atoms with van der Waals surface area (Å²) in [6.07, 6.45) is 7.13. The average molecular weight is 187 g/mol. The Morgan fingerprint density at radius 1 is 1.29 bits per heavy atom. The van der Waals surface area contributed by atoms with Gasteiger partial charge in [-0.25, -0.2) is 4.57 Å². The number of imidazole rings is 1. The van der Waals surface area contributed by atoms with Crippen LogP contribution in [-0.4, -0.2) is 4.98 Å². The van der Waals surface area contributed by atoms with E-state index in [9.17, 15) is 0 Å². The van der Waals surface area contributed by atoms with Crippen LogP contribution in [0, 0.1) is 0 Å². The van der Waals surface area contributed by atoms with Crippen molar-refractivity contribution in [3.63, 3.8) is 0 Å². The lowest BCUT2D eigenvalue weighted by Crippen LogP contribution is -2.37. The van der Waals surface area contributed by atoms with E-state index in [1.54, 1.807) is 0 Å². The Kier molecular flexibility index (Phi) is 2.63. The molecule has 0 amide bonds. The molecule has 0 saturated carbocycles. The van der Waals surface area contributed by atoms with E-state index in [-0.39, 0.29) is 0 Å². The first-order valence-corrected chi connectivity index (χ1v) is 5.00. The van der Waals surface area contributed by atoms with Gasteiger partial charge in [0.15, 0.2) is 0 Å². The standard InChI is InChI=1S/C12H14N2/c1-2-12(14-9-8-13-10-14)11-6-4-3-5-7-11/h3-10,12H,2H2,1H3/p+1. The minimum absolute atomic E-state index is 0.447. The quantitative estimate of drug-likeness (QED) is 0.711. The molecule has 1 aromatic carbocycles. The van der Waals surface area contributed by atoms with Gasteiger partial charge >= 0.3 is 0 Å². The van der Waals surface area contributed by atoms with Crippen LogP contribution < -0.4 is 4.57 Å². The molecule has 1 N–H and O–H groups in total. The van der Waals surface area contributed by atoms with E-state index in [2.05, 4.69) is 53.0 Å². The van der Waals surface area contributed by atoms with E-state index in [0.717, 1.165) is 6.42 Å². The Balaban J connectivity index is 2.31. The smallest absolute Gasteiger partial charge is 0.242 e. The lowest BCUT2D eigenvalue weighted by molar-refractivity contribution is -0.712. The van der Waals surface area contributed by atoms with Crippen LogP contribution in [0.1, 0.15) is 24.9 Å². The summed E-state index contributed by atoms with van der Waals surface area (Å²) in [5, 5.41) is 0. The van der Waals surface area contributed by atoms with Gasteiger partial charge in [0.25, 0.3) is 0 Å². The second-order valence-electron chi connectivity index (χ2n) is 3.39. The third kappa shape index (κ3) is 1.69. The Morgan fingerprint density at radius 3 is 2.64 bits per heavy atom. The van der Waals surface area contributed by atoms with Gasteiger partial charge in [-0.1, -0.05) is 37.3 Å². The average Bonchev–Trinajstić information content (AvgIpc) is 2.74. The van der Waals surface area contributed by atoms with E-state index in [1.165, 1.54) is 5.56 Å². The molecule has 0 aliphatic carbocycles. The fourth-order valence-electron chi connectivity index (χ4n) is 1.79. The van der Waals surface area contributed by atoms with Crippen LogP contribution in [0.25, 0.3) is 0 Å². The summed E-state index contributed by atoms with van der Waals surface area (Å²) in [5.41, 5.74) is 1.36. The number of H-pyrrole nitrogens is 1. The molecule has 2 nitrogen and oxygen atoms in total.